The van der Waals surface area contributed by atoms with Gasteiger partial charge in [-0.2, -0.15) is 0 Å². The molecule has 1 heterocycles. The summed E-state index contributed by atoms with van der Waals surface area (Å²) in [4.78, 5) is 13.9. The number of carbonyl (C=O) groups excluding carboxylic acids is 1. The second kappa shape index (κ2) is 5.32. The number of nitrogens with zero attached hydrogens (tertiary/aromatic N) is 1. The van der Waals surface area contributed by atoms with Crippen molar-refractivity contribution in [1.29, 1.82) is 0 Å². The van der Waals surface area contributed by atoms with Crippen LogP contribution >= 0.6 is 0 Å². The van der Waals surface area contributed by atoms with Gasteiger partial charge in [-0.3, -0.25) is 4.79 Å². The highest BCUT2D eigenvalue weighted by molar-refractivity contribution is 5.77. The molecule has 2 N–H and O–H groups in total. The molecule has 1 saturated heterocycles. The number of nitrogens with two attached hydrogens (primary N) is 1. The first kappa shape index (κ1) is 12.1. The predicted molar refractivity (Wildman–Crippen MR) is 68.5 cm³/mol. The first-order valence-corrected chi connectivity index (χ1v) is 6.27. The average Bonchev–Trinajstić information content (AvgIpc) is 2.83. The molecule has 1 aliphatic heterocycles. The van der Waals surface area contributed by atoms with E-state index in [0.29, 0.717) is 6.42 Å². The van der Waals surface area contributed by atoms with Crippen LogP contribution in [0.1, 0.15) is 36.4 Å². The Kier molecular flexibility index (Phi) is 3.79. The Labute approximate surface area is 103 Å². The molecule has 17 heavy (non-hydrogen) atoms. The molecule has 0 bridgehead atoms. The van der Waals surface area contributed by atoms with E-state index in [9.17, 15) is 4.79 Å². The molecular weight excluding hydrogens is 212 g/mol. The number of amides is 1. The summed E-state index contributed by atoms with van der Waals surface area (Å²) < 4.78 is 0. The topological polar surface area (TPSA) is 46.3 Å². The molecule has 1 aliphatic rings. The quantitative estimate of drug-likeness (QED) is 0.866. The fraction of sp³-hybridized carbons (Fsp3) is 0.500. The standard InChI is InChI=1S/C14H20N2O/c1-11-4-6-12(7-5-11)13(15)10-14(17)16-8-2-3-9-16/h4-7,13H,2-3,8-10,15H2,1H3. The molecule has 3 nitrogen and oxygen atoms in total. The molecule has 2 rings (SSSR count). The van der Waals surface area contributed by atoms with E-state index in [1.807, 2.05) is 36.1 Å². The Morgan fingerprint density at radius 3 is 2.47 bits per heavy atom. The van der Waals surface area contributed by atoms with E-state index in [1.165, 1.54) is 5.56 Å². The SMILES string of the molecule is Cc1ccc(C(N)CC(=O)N2CCCC2)cc1. The molecule has 0 aromatic heterocycles. The van der Waals surface area contributed by atoms with Crippen LogP contribution in [-0.4, -0.2) is 23.9 Å². The van der Waals surface area contributed by atoms with E-state index in [4.69, 9.17) is 5.73 Å². The molecule has 0 spiro atoms. The molecule has 3 heteroatoms. The number of benzene rings is 1. The van der Waals surface area contributed by atoms with E-state index >= 15 is 0 Å². The van der Waals surface area contributed by atoms with Crippen LogP contribution in [0.25, 0.3) is 0 Å². The van der Waals surface area contributed by atoms with Gasteiger partial charge in [0.25, 0.3) is 0 Å². The van der Waals surface area contributed by atoms with Gasteiger partial charge in [-0.1, -0.05) is 29.8 Å². The van der Waals surface area contributed by atoms with Crippen molar-refractivity contribution in [2.24, 2.45) is 5.73 Å². The first-order chi connectivity index (χ1) is 8.16. The van der Waals surface area contributed by atoms with Crippen LogP contribution in [0.5, 0.6) is 0 Å². The lowest BCUT2D eigenvalue weighted by Crippen LogP contribution is -2.30. The lowest BCUT2D eigenvalue weighted by Gasteiger charge is -2.18. The summed E-state index contributed by atoms with van der Waals surface area (Å²) in [5.41, 5.74) is 8.33. The lowest BCUT2D eigenvalue weighted by atomic mass is 10.0. The third kappa shape index (κ3) is 3.07. The van der Waals surface area contributed by atoms with E-state index < -0.39 is 0 Å². The molecule has 1 amide bonds. The largest absolute Gasteiger partial charge is 0.343 e. The minimum Gasteiger partial charge on any atom is -0.343 e. The Balaban J connectivity index is 1.93. The van der Waals surface area contributed by atoms with Crippen molar-refractivity contribution in [3.05, 3.63) is 35.4 Å². The van der Waals surface area contributed by atoms with Crippen molar-refractivity contribution in [3.8, 4) is 0 Å². The van der Waals surface area contributed by atoms with Gasteiger partial charge in [0.05, 0.1) is 0 Å². The van der Waals surface area contributed by atoms with Crippen LogP contribution in [0.2, 0.25) is 0 Å². The molecule has 1 unspecified atom stereocenters. The highest BCUT2D eigenvalue weighted by Gasteiger charge is 2.20. The summed E-state index contributed by atoms with van der Waals surface area (Å²) in [5, 5.41) is 0. The third-order valence-electron chi connectivity index (χ3n) is 3.36. The van der Waals surface area contributed by atoms with Crippen LogP contribution in [0.15, 0.2) is 24.3 Å². The zero-order chi connectivity index (χ0) is 12.3. The summed E-state index contributed by atoms with van der Waals surface area (Å²) in [6, 6.07) is 7.92. The smallest absolute Gasteiger partial charge is 0.224 e. The second-order valence-electron chi connectivity index (χ2n) is 4.81. The van der Waals surface area contributed by atoms with E-state index in [1.54, 1.807) is 0 Å². The maximum absolute atomic E-state index is 11.9. The zero-order valence-corrected chi connectivity index (χ0v) is 10.4. The summed E-state index contributed by atoms with van der Waals surface area (Å²) in [6.07, 6.45) is 2.68. The molecule has 1 aromatic rings. The molecule has 1 fully saturated rings. The first-order valence-electron chi connectivity index (χ1n) is 6.27. The highest BCUT2D eigenvalue weighted by Crippen LogP contribution is 2.17. The van der Waals surface area contributed by atoms with Crippen LogP contribution in [0.4, 0.5) is 0 Å². The van der Waals surface area contributed by atoms with Crippen molar-refractivity contribution in [3.63, 3.8) is 0 Å². The van der Waals surface area contributed by atoms with Gasteiger partial charge in [-0.25, -0.2) is 0 Å². The Hall–Kier alpha value is -1.35. The molecule has 0 aliphatic carbocycles. The van der Waals surface area contributed by atoms with Crippen molar-refractivity contribution in [1.82, 2.24) is 4.90 Å². The van der Waals surface area contributed by atoms with Crippen LogP contribution in [0.3, 0.4) is 0 Å². The van der Waals surface area contributed by atoms with Gasteiger partial charge in [-0.05, 0) is 25.3 Å². The van der Waals surface area contributed by atoms with Gasteiger partial charge in [0.1, 0.15) is 0 Å². The van der Waals surface area contributed by atoms with Crippen molar-refractivity contribution in [2.75, 3.05) is 13.1 Å². The fourth-order valence-corrected chi connectivity index (χ4v) is 2.22. The maximum atomic E-state index is 11.9. The van der Waals surface area contributed by atoms with E-state index in [0.717, 1.165) is 31.5 Å². The van der Waals surface area contributed by atoms with Gasteiger partial charge in [0.2, 0.25) is 5.91 Å². The van der Waals surface area contributed by atoms with Gasteiger partial charge < -0.3 is 10.6 Å². The van der Waals surface area contributed by atoms with Gasteiger partial charge in [0, 0.05) is 25.6 Å². The Bertz CT molecular complexity index is 380. The Morgan fingerprint density at radius 1 is 1.29 bits per heavy atom. The number of rotatable bonds is 3. The second-order valence-corrected chi connectivity index (χ2v) is 4.81. The molecule has 1 aromatic carbocycles. The van der Waals surface area contributed by atoms with Crippen LogP contribution in [-0.2, 0) is 4.79 Å². The number of hydrogen-bond donors (Lipinski definition) is 1. The number of aryl methyl sites for hydroxylation is 1. The van der Waals surface area contributed by atoms with Crippen LogP contribution in [0, 0.1) is 6.92 Å². The highest BCUT2D eigenvalue weighted by atomic mass is 16.2. The lowest BCUT2D eigenvalue weighted by molar-refractivity contribution is -0.130. The number of hydrogen-bond acceptors (Lipinski definition) is 2. The fourth-order valence-electron chi connectivity index (χ4n) is 2.22. The predicted octanol–water partition coefficient (Wildman–Crippen LogP) is 2.01. The zero-order valence-electron chi connectivity index (χ0n) is 10.4. The van der Waals surface area contributed by atoms with Crippen molar-refractivity contribution >= 4 is 5.91 Å². The third-order valence-corrected chi connectivity index (χ3v) is 3.36. The molecule has 0 radical (unpaired) electrons. The number of carbonyl (C=O) groups is 1. The summed E-state index contributed by atoms with van der Waals surface area (Å²) in [5.74, 6) is 0.190. The average molecular weight is 232 g/mol. The Morgan fingerprint density at radius 2 is 1.88 bits per heavy atom. The van der Waals surface area contributed by atoms with Crippen molar-refractivity contribution in [2.45, 2.75) is 32.2 Å². The van der Waals surface area contributed by atoms with E-state index in [2.05, 4.69) is 0 Å². The summed E-state index contributed by atoms with van der Waals surface area (Å²) in [6.45, 7) is 3.85. The minimum atomic E-state index is -0.177. The summed E-state index contributed by atoms with van der Waals surface area (Å²) in [7, 11) is 0. The minimum absolute atomic E-state index is 0.177. The van der Waals surface area contributed by atoms with Gasteiger partial charge in [-0.15, -0.1) is 0 Å². The van der Waals surface area contributed by atoms with Crippen molar-refractivity contribution < 1.29 is 4.79 Å². The molecule has 1 atom stereocenters. The molecular formula is C14H20N2O. The van der Waals surface area contributed by atoms with Gasteiger partial charge in [0.15, 0.2) is 0 Å². The molecule has 92 valence electrons. The monoisotopic (exact) mass is 232 g/mol. The normalized spacial score (nSPS) is 17.2. The summed E-state index contributed by atoms with van der Waals surface area (Å²) >= 11 is 0. The van der Waals surface area contributed by atoms with Crippen LogP contribution < -0.4 is 5.73 Å². The number of likely N-dealkylation sites (tertiary alicyclic amines) is 1. The molecule has 0 saturated carbocycles. The maximum Gasteiger partial charge on any atom is 0.224 e. The van der Waals surface area contributed by atoms with E-state index in [-0.39, 0.29) is 11.9 Å². The van der Waals surface area contributed by atoms with Gasteiger partial charge >= 0.3 is 0 Å².